The first-order valence-electron chi connectivity index (χ1n) is 10.2. The predicted molar refractivity (Wildman–Crippen MR) is 110 cm³/mol. The standard InChI is InChI=1S/C22H23F3N4O2/c1-14-13-28(20-5-3-17(11-27-20)22(23,24)25)6-7-29(14)21(31)12-26-18-4-2-15-9-19(30)10-16(15)8-18/h2-5,8,11,14,26H,6-7,9-10,12-13H2,1H3/t14-/m1/s1. The molecule has 31 heavy (non-hydrogen) atoms. The maximum atomic E-state index is 12.7. The van der Waals surface area contributed by atoms with E-state index in [1.807, 2.05) is 30.0 Å². The molecule has 1 aliphatic carbocycles. The molecule has 1 aromatic carbocycles. The van der Waals surface area contributed by atoms with Gasteiger partial charge in [-0.3, -0.25) is 9.59 Å². The first-order valence-corrected chi connectivity index (χ1v) is 10.2. The summed E-state index contributed by atoms with van der Waals surface area (Å²) in [7, 11) is 0. The second-order valence-corrected chi connectivity index (χ2v) is 8.01. The number of alkyl halides is 3. The van der Waals surface area contributed by atoms with Crippen LogP contribution in [0.4, 0.5) is 24.7 Å². The number of rotatable bonds is 4. The van der Waals surface area contributed by atoms with Gasteiger partial charge >= 0.3 is 6.18 Å². The van der Waals surface area contributed by atoms with Gasteiger partial charge in [-0.15, -0.1) is 0 Å². The molecule has 1 atom stereocenters. The van der Waals surface area contributed by atoms with Crippen LogP contribution < -0.4 is 10.2 Å². The molecule has 1 N–H and O–H groups in total. The van der Waals surface area contributed by atoms with Gasteiger partial charge in [0.1, 0.15) is 11.6 Å². The summed E-state index contributed by atoms with van der Waals surface area (Å²) in [4.78, 5) is 31.9. The fraction of sp³-hybridized carbons (Fsp3) is 0.409. The summed E-state index contributed by atoms with van der Waals surface area (Å²) in [6.07, 6.45) is -2.66. The fourth-order valence-electron chi connectivity index (χ4n) is 4.12. The van der Waals surface area contributed by atoms with Gasteiger partial charge in [0.2, 0.25) is 5.91 Å². The monoisotopic (exact) mass is 432 g/mol. The predicted octanol–water partition coefficient (Wildman–Crippen LogP) is 2.92. The third-order valence-corrected chi connectivity index (χ3v) is 5.77. The number of fused-ring (bicyclic) bond motifs is 1. The van der Waals surface area contributed by atoms with Gasteiger partial charge in [-0.05, 0) is 42.3 Å². The molecule has 2 aromatic rings. The van der Waals surface area contributed by atoms with Crippen LogP contribution in [-0.2, 0) is 28.6 Å². The van der Waals surface area contributed by atoms with Gasteiger partial charge in [-0.2, -0.15) is 13.2 Å². The Morgan fingerprint density at radius 3 is 2.61 bits per heavy atom. The summed E-state index contributed by atoms with van der Waals surface area (Å²) in [6, 6.07) is 8.01. The van der Waals surface area contributed by atoms with Crippen molar-refractivity contribution in [3.05, 3.63) is 53.2 Å². The van der Waals surface area contributed by atoms with Gasteiger partial charge in [0.05, 0.1) is 12.1 Å². The van der Waals surface area contributed by atoms with Crippen LogP contribution in [-0.4, -0.2) is 53.8 Å². The van der Waals surface area contributed by atoms with Crippen molar-refractivity contribution in [3.63, 3.8) is 0 Å². The molecule has 1 aromatic heterocycles. The number of halogens is 3. The van der Waals surface area contributed by atoms with E-state index in [1.54, 1.807) is 4.90 Å². The molecule has 0 unspecified atom stereocenters. The minimum atomic E-state index is -4.41. The Kier molecular flexibility index (Phi) is 5.60. The van der Waals surface area contributed by atoms with Gasteiger partial charge in [0, 0.05) is 50.4 Å². The van der Waals surface area contributed by atoms with E-state index in [-0.39, 0.29) is 24.3 Å². The summed E-state index contributed by atoms with van der Waals surface area (Å²) < 4.78 is 38.2. The summed E-state index contributed by atoms with van der Waals surface area (Å²) >= 11 is 0. The van der Waals surface area contributed by atoms with Crippen LogP contribution in [0.1, 0.15) is 23.6 Å². The average Bonchev–Trinajstić information content (AvgIpc) is 3.10. The number of nitrogens with one attached hydrogen (secondary N) is 1. The Labute approximate surface area is 178 Å². The fourth-order valence-corrected chi connectivity index (χ4v) is 4.12. The molecule has 9 heteroatoms. The molecule has 164 valence electrons. The van der Waals surface area contributed by atoms with E-state index in [0.717, 1.165) is 29.1 Å². The lowest BCUT2D eigenvalue weighted by molar-refractivity contribution is -0.138. The number of carbonyl (C=O) groups is 2. The zero-order valence-corrected chi connectivity index (χ0v) is 17.1. The number of nitrogens with zero attached hydrogens (tertiary/aromatic N) is 3. The van der Waals surface area contributed by atoms with Crippen molar-refractivity contribution in [2.75, 3.05) is 36.4 Å². The molecule has 0 saturated carbocycles. The lowest BCUT2D eigenvalue weighted by atomic mass is 10.1. The van der Waals surface area contributed by atoms with Crippen LogP contribution in [0.3, 0.4) is 0 Å². The van der Waals surface area contributed by atoms with Crippen molar-refractivity contribution in [1.82, 2.24) is 9.88 Å². The molecule has 0 bridgehead atoms. The van der Waals surface area contributed by atoms with Crippen molar-refractivity contribution in [2.45, 2.75) is 32.0 Å². The molecular weight excluding hydrogens is 409 g/mol. The Morgan fingerprint density at radius 1 is 1.16 bits per heavy atom. The molecule has 0 radical (unpaired) electrons. The third kappa shape index (κ3) is 4.65. The number of amides is 1. The number of hydrogen-bond acceptors (Lipinski definition) is 5. The Balaban J connectivity index is 1.32. The molecule has 2 heterocycles. The molecule has 6 nitrogen and oxygen atoms in total. The zero-order chi connectivity index (χ0) is 22.2. The van der Waals surface area contributed by atoms with Crippen molar-refractivity contribution in [3.8, 4) is 0 Å². The number of carbonyl (C=O) groups excluding carboxylic acids is 2. The van der Waals surface area contributed by atoms with E-state index >= 15 is 0 Å². The summed E-state index contributed by atoms with van der Waals surface area (Å²) in [6.45, 7) is 3.49. The number of aromatic nitrogens is 1. The van der Waals surface area contributed by atoms with E-state index in [1.165, 1.54) is 6.07 Å². The smallest absolute Gasteiger partial charge is 0.376 e. The summed E-state index contributed by atoms with van der Waals surface area (Å²) in [5.41, 5.74) is 2.08. The molecule has 1 fully saturated rings. The van der Waals surface area contributed by atoms with Crippen LogP contribution in [0.15, 0.2) is 36.5 Å². The van der Waals surface area contributed by atoms with Crippen LogP contribution >= 0.6 is 0 Å². The molecule has 1 saturated heterocycles. The van der Waals surface area contributed by atoms with Crippen LogP contribution in [0.2, 0.25) is 0 Å². The van der Waals surface area contributed by atoms with Crippen LogP contribution in [0.25, 0.3) is 0 Å². The summed E-state index contributed by atoms with van der Waals surface area (Å²) in [5, 5.41) is 3.14. The van der Waals surface area contributed by atoms with E-state index in [0.29, 0.717) is 38.3 Å². The number of Topliss-reactive ketones (excluding diaryl/α,β-unsaturated/α-hetero) is 1. The number of benzene rings is 1. The number of anilines is 2. The van der Waals surface area contributed by atoms with E-state index in [9.17, 15) is 22.8 Å². The van der Waals surface area contributed by atoms with Crippen LogP contribution in [0, 0.1) is 0 Å². The van der Waals surface area contributed by atoms with Crippen LogP contribution in [0.5, 0.6) is 0 Å². The molecule has 1 amide bonds. The quantitative estimate of drug-likeness (QED) is 0.805. The number of hydrogen-bond donors (Lipinski definition) is 1. The highest BCUT2D eigenvalue weighted by atomic mass is 19.4. The second-order valence-electron chi connectivity index (χ2n) is 8.01. The molecule has 2 aliphatic rings. The number of piperazine rings is 1. The SMILES string of the molecule is C[C@@H]1CN(c2ccc(C(F)(F)F)cn2)CCN1C(=O)CNc1ccc2c(c1)CC(=O)C2. The number of pyridine rings is 1. The van der Waals surface area contributed by atoms with Gasteiger partial charge in [0.15, 0.2) is 0 Å². The lowest BCUT2D eigenvalue weighted by Crippen LogP contribution is -2.55. The minimum Gasteiger partial charge on any atom is -0.376 e. The Hall–Kier alpha value is -3.10. The maximum Gasteiger partial charge on any atom is 0.417 e. The van der Waals surface area contributed by atoms with E-state index in [4.69, 9.17) is 0 Å². The highest BCUT2D eigenvalue weighted by Gasteiger charge is 2.32. The Bertz CT molecular complexity index is 991. The third-order valence-electron chi connectivity index (χ3n) is 5.77. The highest BCUT2D eigenvalue weighted by molar-refractivity contribution is 5.88. The van der Waals surface area contributed by atoms with Gasteiger partial charge in [-0.25, -0.2) is 4.98 Å². The highest BCUT2D eigenvalue weighted by Crippen LogP contribution is 2.30. The van der Waals surface area contributed by atoms with Crippen molar-refractivity contribution in [1.29, 1.82) is 0 Å². The molecule has 4 rings (SSSR count). The zero-order valence-electron chi connectivity index (χ0n) is 17.1. The normalized spacial score (nSPS) is 18.8. The van der Waals surface area contributed by atoms with E-state index in [2.05, 4.69) is 10.3 Å². The summed E-state index contributed by atoms with van der Waals surface area (Å²) in [5.74, 6) is 0.624. The van der Waals surface area contributed by atoms with Crippen molar-refractivity contribution >= 4 is 23.2 Å². The average molecular weight is 432 g/mol. The van der Waals surface area contributed by atoms with E-state index < -0.39 is 11.7 Å². The van der Waals surface area contributed by atoms with Crippen molar-refractivity contribution in [2.24, 2.45) is 0 Å². The van der Waals surface area contributed by atoms with Gasteiger partial charge in [-0.1, -0.05) is 6.07 Å². The van der Waals surface area contributed by atoms with Gasteiger partial charge < -0.3 is 15.1 Å². The maximum absolute atomic E-state index is 12.7. The Morgan fingerprint density at radius 2 is 1.94 bits per heavy atom. The number of ketones is 1. The largest absolute Gasteiger partial charge is 0.417 e. The second kappa shape index (κ2) is 8.20. The first kappa shape index (κ1) is 21.1. The lowest BCUT2D eigenvalue weighted by Gasteiger charge is -2.40. The molecule has 1 aliphatic heterocycles. The molecule has 0 spiro atoms. The topological polar surface area (TPSA) is 65.5 Å². The first-order chi connectivity index (χ1) is 14.7. The molecular formula is C22H23F3N4O2. The van der Waals surface area contributed by atoms with Crippen molar-refractivity contribution < 1.29 is 22.8 Å². The van der Waals surface area contributed by atoms with Gasteiger partial charge in [0.25, 0.3) is 0 Å². The minimum absolute atomic E-state index is 0.0518.